The predicted molar refractivity (Wildman–Crippen MR) is 108 cm³/mol. The van der Waals surface area contributed by atoms with Crippen LogP contribution in [-0.2, 0) is 26.2 Å². The first kappa shape index (κ1) is 20.9. The average Bonchev–Trinajstić information content (AvgIpc) is 2.53. The Hall–Kier alpha value is -2.38. The Morgan fingerprint density at radius 2 is 1.78 bits per heavy atom. The fraction of sp³-hybridized carbons (Fsp3) is 0.350. The molecule has 2 aromatic rings. The Morgan fingerprint density at radius 1 is 1.15 bits per heavy atom. The lowest BCUT2D eigenvalue weighted by atomic mass is 10.1. The summed E-state index contributed by atoms with van der Waals surface area (Å²) < 4.78 is 31.1. The maximum atomic E-state index is 12.8. The minimum Gasteiger partial charge on any atom is -0.380 e. The Kier molecular flexibility index (Phi) is 6.62. The number of nitrogens with zero attached hydrogens (tertiary/aromatic N) is 1. The van der Waals surface area contributed by atoms with Gasteiger partial charge in [-0.25, -0.2) is 8.42 Å². The van der Waals surface area contributed by atoms with Gasteiger partial charge in [0, 0.05) is 12.8 Å². The predicted octanol–water partition coefficient (Wildman–Crippen LogP) is 3.24. The van der Waals surface area contributed by atoms with E-state index in [-0.39, 0.29) is 0 Å². The van der Waals surface area contributed by atoms with E-state index in [1.807, 2.05) is 32.0 Å². The number of benzene rings is 2. The summed E-state index contributed by atoms with van der Waals surface area (Å²) in [6, 6.07) is 11.8. The fourth-order valence-electron chi connectivity index (χ4n) is 3.04. The molecule has 0 fully saturated rings. The molecule has 1 amide bonds. The normalized spacial score (nSPS) is 12.5. The van der Waals surface area contributed by atoms with Gasteiger partial charge in [-0.1, -0.05) is 18.2 Å². The van der Waals surface area contributed by atoms with Gasteiger partial charge in [0.15, 0.2) is 0 Å². The first-order valence-corrected chi connectivity index (χ1v) is 10.4. The molecule has 0 spiro atoms. The lowest BCUT2D eigenvalue weighted by Crippen LogP contribution is -2.45. The summed E-state index contributed by atoms with van der Waals surface area (Å²) in [6.07, 6.45) is 1.10. The van der Waals surface area contributed by atoms with E-state index in [1.54, 1.807) is 38.3 Å². The summed E-state index contributed by atoms with van der Waals surface area (Å²) in [7, 11) is -2.05. The molecule has 27 heavy (non-hydrogen) atoms. The molecule has 7 heteroatoms. The number of carbonyl (C=O) groups excluding carboxylic acids is 1. The molecule has 0 bridgehead atoms. The number of hydrogen-bond acceptors (Lipinski definition) is 4. The van der Waals surface area contributed by atoms with Crippen LogP contribution in [0.4, 0.5) is 11.4 Å². The molecule has 0 aromatic heterocycles. The molecule has 0 saturated carbocycles. The number of ether oxygens (including phenoxy) is 1. The van der Waals surface area contributed by atoms with Crippen molar-refractivity contribution in [2.24, 2.45) is 0 Å². The van der Waals surface area contributed by atoms with E-state index in [0.29, 0.717) is 18.0 Å². The van der Waals surface area contributed by atoms with E-state index in [9.17, 15) is 13.2 Å². The number of rotatable bonds is 7. The van der Waals surface area contributed by atoms with Crippen molar-refractivity contribution in [2.75, 3.05) is 23.0 Å². The number of sulfonamides is 1. The van der Waals surface area contributed by atoms with Gasteiger partial charge in [0.25, 0.3) is 0 Å². The SMILES string of the molecule is COCc1cccc(NC(=O)C(C)N(c2cc(C)cc(C)c2)S(C)(=O)=O)c1. The van der Waals surface area contributed by atoms with Crippen molar-refractivity contribution in [3.8, 4) is 0 Å². The van der Waals surface area contributed by atoms with Crippen molar-refractivity contribution in [2.45, 2.75) is 33.4 Å². The standard InChI is InChI=1S/C20H26N2O4S/c1-14-9-15(2)11-19(10-14)22(27(5,24)25)16(3)20(23)21-18-8-6-7-17(12-18)13-26-4/h6-12,16H,13H2,1-5H3,(H,21,23). The zero-order chi connectivity index (χ0) is 20.2. The highest BCUT2D eigenvalue weighted by molar-refractivity contribution is 7.92. The van der Waals surface area contributed by atoms with Crippen LogP contribution in [0.25, 0.3) is 0 Å². The van der Waals surface area contributed by atoms with E-state index in [2.05, 4.69) is 5.32 Å². The highest BCUT2D eigenvalue weighted by atomic mass is 32.2. The van der Waals surface area contributed by atoms with E-state index >= 15 is 0 Å². The summed E-state index contributed by atoms with van der Waals surface area (Å²) in [5, 5.41) is 2.79. The van der Waals surface area contributed by atoms with E-state index in [4.69, 9.17) is 4.74 Å². The Balaban J connectivity index is 2.31. The zero-order valence-electron chi connectivity index (χ0n) is 16.3. The topological polar surface area (TPSA) is 75.7 Å². The van der Waals surface area contributed by atoms with Gasteiger partial charge in [0.2, 0.25) is 15.9 Å². The molecule has 2 aromatic carbocycles. The highest BCUT2D eigenvalue weighted by Crippen LogP contribution is 2.24. The van der Waals surface area contributed by atoms with Crippen molar-refractivity contribution in [3.05, 3.63) is 59.2 Å². The van der Waals surface area contributed by atoms with Crippen molar-refractivity contribution in [1.29, 1.82) is 0 Å². The smallest absolute Gasteiger partial charge is 0.247 e. The minimum atomic E-state index is -3.65. The van der Waals surface area contributed by atoms with Crippen LogP contribution >= 0.6 is 0 Å². The number of aryl methyl sites for hydroxylation is 2. The van der Waals surface area contributed by atoms with Gasteiger partial charge < -0.3 is 10.1 Å². The molecular formula is C20H26N2O4S. The van der Waals surface area contributed by atoms with Crippen LogP contribution in [0.1, 0.15) is 23.6 Å². The van der Waals surface area contributed by atoms with E-state index < -0.39 is 22.0 Å². The molecule has 0 heterocycles. The van der Waals surface area contributed by atoms with Crippen molar-refractivity contribution in [1.82, 2.24) is 0 Å². The lowest BCUT2D eigenvalue weighted by molar-refractivity contribution is -0.116. The molecule has 0 radical (unpaired) electrons. The van der Waals surface area contributed by atoms with Crippen LogP contribution in [-0.4, -0.2) is 33.7 Å². The highest BCUT2D eigenvalue weighted by Gasteiger charge is 2.29. The fourth-order valence-corrected chi connectivity index (χ4v) is 4.20. The van der Waals surface area contributed by atoms with Crippen molar-refractivity contribution < 1.29 is 17.9 Å². The van der Waals surface area contributed by atoms with Crippen molar-refractivity contribution in [3.63, 3.8) is 0 Å². The van der Waals surface area contributed by atoms with Crippen molar-refractivity contribution >= 4 is 27.3 Å². The molecule has 2 rings (SSSR count). The number of nitrogens with one attached hydrogen (secondary N) is 1. The quantitative estimate of drug-likeness (QED) is 0.787. The number of amides is 1. The number of anilines is 2. The second-order valence-corrected chi connectivity index (χ2v) is 8.56. The Bertz CT molecular complexity index is 905. The zero-order valence-corrected chi connectivity index (χ0v) is 17.1. The summed E-state index contributed by atoms with van der Waals surface area (Å²) in [4.78, 5) is 12.8. The molecule has 146 valence electrons. The van der Waals surface area contributed by atoms with Crippen LogP contribution in [0.2, 0.25) is 0 Å². The second kappa shape index (κ2) is 8.54. The van der Waals surface area contributed by atoms with Gasteiger partial charge in [0.1, 0.15) is 6.04 Å². The second-order valence-electron chi connectivity index (χ2n) is 6.70. The number of hydrogen-bond donors (Lipinski definition) is 1. The number of methoxy groups -OCH3 is 1. The maximum absolute atomic E-state index is 12.8. The van der Waals surface area contributed by atoms with Gasteiger partial charge in [-0.2, -0.15) is 0 Å². The van der Waals surface area contributed by atoms with Crippen LogP contribution in [0.15, 0.2) is 42.5 Å². The van der Waals surface area contributed by atoms with Gasteiger partial charge in [0.05, 0.1) is 18.6 Å². The van der Waals surface area contributed by atoms with Crippen LogP contribution in [0, 0.1) is 13.8 Å². The van der Waals surface area contributed by atoms with Gasteiger partial charge >= 0.3 is 0 Å². The van der Waals surface area contributed by atoms with E-state index in [0.717, 1.165) is 27.3 Å². The molecule has 1 N–H and O–H groups in total. The van der Waals surface area contributed by atoms with Gasteiger partial charge in [-0.3, -0.25) is 9.10 Å². The molecule has 6 nitrogen and oxygen atoms in total. The van der Waals surface area contributed by atoms with Crippen LogP contribution in [0.5, 0.6) is 0 Å². The largest absolute Gasteiger partial charge is 0.380 e. The average molecular weight is 391 g/mol. The molecule has 0 saturated heterocycles. The van der Waals surface area contributed by atoms with Gasteiger partial charge in [-0.15, -0.1) is 0 Å². The maximum Gasteiger partial charge on any atom is 0.247 e. The molecule has 0 aliphatic carbocycles. The van der Waals surface area contributed by atoms with Gasteiger partial charge in [-0.05, 0) is 61.7 Å². The van der Waals surface area contributed by atoms with Crippen LogP contribution < -0.4 is 9.62 Å². The first-order chi connectivity index (χ1) is 12.6. The first-order valence-electron chi connectivity index (χ1n) is 8.58. The molecule has 1 unspecified atom stereocenters. The van der Waals surface area contributed by atoms with Crippen LogP contribution in [0.3, 0.4) is 0 Å². The summed E-state index contributed by atoms with van der Waals surface area (Å²) in [5.74, 6) is -0.408. The Labute approximate surface area is 161 Å². The lowest BCUT2D eigenvalue weighted by Gasteiger charge is -2.29. The number of carbonyl (C=O) groups is 1. The summed E-state index contributed by atoms with van der Waals surface area (Å²) in [5.41, 5.74) is 3.84. The minimum absolute atomic E-state index is 0.408. The third-order valence-electron chi connectivity index (χ3n) is 4.05. The summed E-state index contributed by atoms with van der Waals surface area (Å²) >= 11 is 0. The monoisotopic (exact) mass is 390 g/mol. The molecule has 0 aliphatic rings. The third kappa shape index (κ3) is 5.55. The Morgan fingerprint density at radius 3 is 2.33 bits per heavy atom. The molecule has 1 atom stereocenters. The van der Waals surface area contributed by atoms with E-state index in [1.165, 1.54) is 0 Å². The summed E-state index contributed by atoms with van der Waals surface area (Å²) in [6.45, 7) is 5.79. The molecular weight excluding hydrogens is 364 g/mol. The third-order valence-corrected chi connectivity index (χ3v) is 5.30. The molecule has 0 aliphatic heterocycles.